The zero-order chi connectivity index (χ0) is 16.6. The van der Waals surface area contributed by atoms with Gasteiger partial charge in [-0.15, -0.1) is 0 Å². The Balaban J connectivity index is 1.68. The van der Waals surface area contributed by atoms with Crippen LogP contribution < -0.4 is 0 Å². The third-order valence-electron chi connectivity index (χ3n) is 7.78. The molecule has 0 amide bonds. The van der Waals surface area contributed by atoms with Gasteiger partial charge in [0.2, 0.25) is 0 Å². The summed E-state index contributed by atoms with van der Waals surface area (Å²) in [7, 11) is 0. The summed E-state index contributed by atoms with van der Waals surface area (Å²) < 4.78 is 11.9. The lowest BCUT2D eigenvalue weighted by atomic mass is 9.59. The molecule has 3 fully saturated rings. The van der Waals surface area contributed by atoms with E-state index in [-0.39, 0.29) is 28.5 Å². The average molecular weight is 318 g/mol. The highest BCUT2D eigenvalue weighted by Crippen LogP contribution is 2.55. The molecule has 0 spiro atoms. The van der Waals surface area contributed by atoms with Gasteiger partial charge in [-0.3, -0.25) is 4.79 Å². The number of ketones is 1. The number of hydrogen-bond acceptors (Lipinski definition) is 3. The fourth-order valence-corrected chi connectivity index (χ4v) is 5.03. The molecule has 128 valence electrons. The molecule has 2 bridgehead atoms. The highest BCUT2D eigenvalue weighted by molar-refractivity contribution is 6.02. The number of fused-ring (bicyclic) bond motifs is 4. The minimum atomic E-state index is -0.261. The van der Waals surface area contributed by atoms with Gasteiger partial charge < -0.3 is 9.47 Å². The van der Waals surface area contributed by atoms with E-state index in [1.807, 2.05) is 0 Å². The predicted molar refractivity (Wildman–Crippen MR) is 89.2 cm³/mol. The van der Waals surface area contributed by atoms with E-state index in [0.717, 1.165) is 37.7 Å². The predicted octanol–water partition coefficient (Wildman–Crippen LogP) is 4.05. The largest absolute Gasteiger partial charge is 0.366 e. The smallest absolute Gasteiger partial charge is 0.190 e. The average Bonchev–Trinajstić information content (AvgIpc) is 3.37. The molecule has 0 aromatic rings. The summed E-state index contributed by atoms with van der Waals surface area (Å²) >= 11 is 0. The monoisotopic (exact) mass is 318 g/mol. The number of carbonyl (C=O) groups excluding carboxylic acids is 1. The van der Waals surface area contributed by atoms with Crippen molar-refractivity contribution in [1.82, 2.24) is 0 Å². The van der Waals surface area contributed by atoms with Gasteiger partial charge in [0.25, 0.3) is 0 Å². The van der Waals surface area contributed by atoms with Gasteiger partial charge in [-0.1, -0.05) is 26.8 Å². The first-order chi connectivity index (χ1) is 10.7. The van der Waals surface area contributed by atoms with Gasteiger partial charge in [0.05, 0.1) is 11.7 Å². The Morgan fingerprint density at radius 1 is 1.04 bits per heavy atom. The van der Waals surface area contributed by atoms with Crippen LogP contribution in [0.15, 0.2) is 11.6 Å². The Morgan fingerprint density at radius 2 is 1.78 bits per heavy atom. The van der Waals surface area contributed by atoms with Crippen LogP contribution in [0.4, 0.5) is 0 Å². The summed E-state index contributed by atoms with van der Waals surface area (Å²) in [4.78, 5) is 13.0. The van der Waals surface area contributed by atoms with Gasteiger partial charge in [0.1, 0.15) is 11.7 Å². The molecule has 0 aromatic carbocycles. The number of rotatable bonds is 0. The second-order valence-corrected chi connectivity index (χ2v) is 9.16. The highest BCUT2D eigenvalue weighted by atomic mass is 16.6. The molecule has 0 N–H and O–H groups in total. The van der Waals surface area contributed by atoms with Crippen molar-refractivity contribution in [2.24, 2.45) is 17.3 Å². The van der Waals surface area contributed by atoms with Crippen molar-refractivity contribution >= 4 is 5.78 Å². The molecule has 1 saturated carbocycles. The first-order valence-corrected chi connectivity index (χ1v) is 9.29. The van der Waals surface area contributed by atoms with Crippen molar-refractivity contribution in [1.29, 1.82) is 0 Å². The van der Waals surface area contributed by atoms with Crippen LogP contribution in [0.3, 0.4) is 0 Å². The summed E-state index contributed by atoms with van der Waals surface area (Å²) in [6, 6.07) is 0. The van der Waals surface area contributed by atoms with Crippen LogP contribution in [0.25, 0.3) is 0 Å². The van der Waals surface area contributed by atoms with E-state index in [4.69, 9.17) is 9.47 Å². The number of allylic oxidation sites excluding steroid dienone is 1. The van der Waals surface area contributed by atoms with E-state index in [0.29, 0.717) is 17.9 Å². The summed E-state index contributed by atoms with van der Waals surface area (Å²) in [6.07, 6.45) is 7.51. The maximum absolute atomic E-state index is 13.0. The number of epoxide rings is 2. The zero-order valence-electron chi connectivity index (χ0n) is 15.1. The van der Waals surface area contributed by atoms with Gasteiger partial charge in [0.15, 0.2) is 5.78 Å². The molecule has 0 radical (unpaired) electrons. The molecule has 0 unspecified atom stereocenters. The zero-order valence-corrected chi connectivity index (χ0v) is 15.1. The molecular formula is C20H30O3. The van der Waals surface area contributed by atoms with E-state index in [9.17, 15) is 4.79 Å². The fraction of sp³-hybridized carbons (Fsp3) is 0.850. The number of hydrogen-bond donors (Lipinski definition) is 0. The molecule has 4 aliphatic rings. The molecule has 2 aliphatic carbocycles. The second kappa shape index (κ2) is 4.70. The van der Waals surface area contributed by atoms with Crippen LogP contribution in [0.5, 0.6) is 0 Å². The molecule has 4 rings (SSSR count). The van der Waals surface area contributed by atoms with Gasteiger partial charge in [0, 0.05) is 0 Å². The van der Waals surface area contributed by atoms with E-state index in [1.165, 1.54) is 0 Å². The Morgan fingerprint density at radius 3 is 2.52 bits per heavy atom. The highest BCUT2D eigenvalue weighted by Gasteiger charge is 2.61. The summed E-state index contributed by atoms with van der Waals surface area (Å²) in [5.74, 6) is 1.15. The number of ether oxygens (including phenoxy) is 2. The molecule has 0 aromatic heterocycles. The van der Waals surface area contributed by atoms with Crippen LogP contribution in [0, 0.1) is 17.3 Å². The minimum absolute atomic E-state index is 0.0493. The molecule has 7 atom stereocenters. The standard InChI is InChI=1S/C20H30O3/c1-12-6-7-14-13(2)18(12,3)10-11-19(4)15(22-19)8-9-20(5)17(23-20)16(14)21/h7,12-13,15,17H,6,8-11H2,1-5H3/t12-,13-,15+,17-,18+,19+,20-/m1/s1. The Bertz CT molecular complexity index is 581. The second-order valence-electron chi connectivity index (χ2n) is 9.16. The Kier molecular flexibility index (Phi) is 3.23. The quantitative estimate of drug-likeness (QED) is 0.633. The third-order valence-corrected chi connectivity index (χ3v) is 7.78. The SMILES string of the molecule is C[C@@H]1CC=C2C(=O)[C@H]3O[C@]3(C)CC[C@@H]3O[C@@]3(C)CC[C@]1(C)[C@@H]2C. The molecule has 2 aliphatic heterocycles. The normalized spacial score (nSPS) is 55.7. The summed E-state index contributed by atoms with van der Waals surface area (Å²) in [6.45, 7) is 11.3. The van der Waals surface area contributed by atoms with Crippen molar-refractivity contribution < 1.29 is 14.3 Å². The van der Waals surface area contributed by atoms with Crippen molar-refractivity contribution in [3.05, 3.63) is 11.6 Å². The molecule has 2 saturated heterocycles. The molecule has 3 nitrogen and oxygen atoms in total. The van der Waals surface area contributed by atoms with Gasteiger partial charge in [-0.25, -0.2) is 0 Å². The van der Waals surface area contributed by atoms with Crippen molar-refractivity contribution in [2.45, 2.75) is 90.1 Å². The molecule has 2 heterocycles. The van der Waals surface area contributed by atoms with Crippen LogP contribution in [-0.2, 0) is 14.3 Å². The van der Waals surface area contributed by atoms with Gasteiger partial charge in [-0.05, 0) is 68.8 Å². The Hall–Kier alpha value is -0.670. The van der Waals surface area contributed by atoms with E-state index in [2.05, 4.69) is 40.7 Å². The number of carbonyl (C=O) groups is 1. The molecular weight excluding hydrogens is 288 g/mol. The molecule has 23 heavy (non-hydrogen) atoms. The Labute approximate surface area is 139 Å². The van der Waals surface area contributed by atoms with Crippen molar-refractivity contribution in [3.63, 3.8) is 0 Å². The fourth-order valence-electron chi connectivity index (χ4n) is 5.03. The van der Waals surface area contributed by atoms with Crippen LogP contribution in [-0.4, -0.2) is 29.2 Å². The van der Waals surface area contributed by atoms with E-state index >= 15 is 0 Å². The first-order valence-electron chi connectivity index (χ1n) is 9.29. The summed E-state index contributed by atoms with van der Waals surface area (Å²) in [5, 5.41) is 0. The van der Waals surface area contributed by atoms with Gasteiger partial charge >= 0.3 is 0 Å². The lowest BCUT2D eigenvalue weighted by molar-refractivity contribution is -0.118. The topological polar surface area (TPSA) is 42.1 Å². The first kappa shape index (κ1) is 15.8. The van der Waals surface area contributed by atoms with Crippen molar-refractivity contribution in [3.8, 4) is 0 Å². The van der Waals surface area contributed by atoms with Crippen LogP contribution >= 0.6 is 0 Å². The van der Waals surface area contributed by atoms with Gasteiger partial charge in [-0.2, -0.15) is 0 Å². The van der Waals surface area contributed by atoms with Crippen LogP contribution in [0.1, 0.15) is 66.7 Å². The lowest BCUT2D eigenvalue weighted by Gasteiger charge is -2.45. The van der Waals surface area contributed by atoms with E-state index in [1.54, 1.807) is 0 Å². The maximum atomic E-state index is 13.0. The summed E-state index contributed by atoms with van der Waals surface area (Å²) in [5.41, 5.74) is 0.985. The number of Topliss-reactive ketones (excluding diaryl/α,β-unsaturated/α-hetero) is 1. The third kappa shape index (κ3) is 2.26. The van der Waals surface area contributed by atoms with E-state index < -0.39 is 0 Å². The maximum Gasteiger partial charge on any atom is 0.190 e. The molecule has 3 heteroatoms. The van der Waals surface area contributed by atoms with Crippen molar-refractivity contribution in [2.75, 3.05) is 0 Å². The lowest BCUT2D eigenvalue weighted by Crippen LogP contribution is -2.40. The van der Waals surface area contributed by atoms with Crippen LogP contribution in [0.2, 0.25) is 0 Å². The minimum Gasteiger partial charge on any atom is -0.366 e.